The number of halogens is 2. The predicted octanol–water partition coefficient (Wildman–Crippen LogP) is 6.46. The van der Waals surface area contributed by atoms with Crippen LogP contribution < -0.4 is 5.43 Å². The fourth-order valence-corrected chi connectivity index (χ4v) is 4.23. The number of hydrogen-bond acceptors (Lipinski definition) is 4. The summed E-state index contributed by atoms with van der Waals surface area (Å²) in [5, 5.41) is 6.20. The highest BCUT2D eigenvalue weighted by Crippen LogP contribution is 2.31. The van der Waals surface area contributed by atoms with Gasteiger partial charge in [-0.2, -0.15) is 5.10 Å². The van der Waals surface area contributed by atoms with Crippen molar-refractivity contribution in [3.05, 3.63) is 75.5 Å². The van der Waals surface area contributed by atoms with E-state index in [4.69, 9.17) is 23.2 Å². The minimum atomic E-state index is 0.536. The Morgan fingerprint density at radius 3 is 2.74 bits per heavy atom. The van der Waals surface area contributed by atoms with Gasteiger partial charge in [0.2, 0.25) is 5.13 Å². The third-order valence-electron chi connectivity index (χ3n) is 4.30. The Balaban J connectivity index is 1.61. The van der Waals surface area contributed by atoms with Gasteiger partial charge in [-0.3, -0.25) is 5.43 Å². The van der Waals surface area contributed by atoms with Gasteiger partial charge in [-0.15, -0.1) is 0 Å². The SMILES string of the molecule is Cc1cc(/C=N\Nc2nc3ccccc3s2)c(C)n1-c1cccc(Cl)c1Cl. The van der Waals surface area contributed by atoms with Crippen LogP contribution in [-0.2, 0) is 0 Å². The Labute approximate surface area is 171 Å². The summed E-state index contributed by atoms with van der Waals surface area (Å²) in [7, 11) is 0. The van der Waals surface area contributed by atoms with E-state index in [-0.39, 0.29) is 0 Å². The van der Waals surface area contributed by atoms with Crippen LogP contribution in [0.5, 0.6) is 0 Å². The molecule has 4 rings (SSSR count). The average Bonchev–Trinajstić information content (AvgIpc) is 3.18. The Hall–Kier alpha value is -2.34. The smallest absolute Gasteiger partial charge is 0.204 e. The van der Waals surface area contributed by atoms with E-state index in [0.717, 1.165) is 38.0 Å². The van der Waals surface area contributed by atoms with Crippen LogP contribution in [-0.4, -0.2) is 15.8 Å². The lowest BCUT2D eigenvalue weighted by Crippen LogP contribution is -2.01. The van der Waals surface area contributed by atoms with E-state index in [1.807, 2.05) is 50.2 Å². The van der Waals surface area contributed by atoms with Gasteiger partial charge in [0.15, 0.2) is 0 Å². The molecule has 1 N–H and O–H groups in total. The fraction of sp³-hybridized carbons (Fsp3) is 0.100. The van der Waals surface area contributed by atoms with Crippen LogP contribution in [0.25, 0.3) is 15.9 Å². The summed E-state index contributed by atoms with van der Waals surface area (Å²) in [5.41, 5.74) is 7.93. The highest BCUT2D eigenvalue weighted by Gasteiger charge is 2.13. The quantitative estimate of drug-likeness (QED) is 0.307. The molecule has 27 heavy (non-hydrogen) atoms. The summed E-state index contributed by atoms with van der Waals surface area (Å²) in [5.74, 6) is 0. The molecule has 2 heterocycles. The average molecular weight is 415 g/mol. The van der Waals surface area contributed by atoms with Crippen molar-refractivity contribution in [2.45, 2.75) is 13.8 Å². The van der Waals surface area contributed by atoms with Gasteiger partial charge in [0.25, 0.3) is 0 Å². The van der Waals surface area contributed by atoms with Crippen molar-refractivity contribution in [3.63, 3.8) is 0 Å². The molecule has 4 nitrogen and oxygen atoms in total. The Morgan fingerprint density at radius 2 is 1.93 bits per heavy atom. The predicted molar refractivity (Wildman–Crippen MR) is 116 cm³/mol. The first kappa shape index (κ1) is 18.0. The molecular weight excluding hydrogens is 399 g/mol. The number of fused-ring (bicyclic) bond motifs is 1. The topological polar surface area (TPSA) is 42.2 Å². The first-order valence-electron chi connectivity index (χ1n) is 8.32. The lowest BCUT2D eigenvalue weighted by molar-refractivity contribution is 0.965. The van der Waals surface area contributed by atoms with E-state index in [2.05, 4.69) is 26.1 Å². The molecule has 0 amide bonds. The molecule has 0 aliphatic rings. The minimum Gasteiger partial charge on any atom is -0.316 e. The van der Waals surface area contributed by atoms with Crippen LogP contribution >= 0.6 is 34.5 Å². The summed E-state index contributed by atoms with van der Waals surface area (Å²) in [6.07, 6.45) is 1.79. The molecule has 2 aromatic heterocycles. The maximum atomic E-state index is 6.40. The zero-order chi connectivity index (χ0) is 19.0. The lowest BCUT2D eigenvalue weighted by Gasteiger charge is -2.12. The summed E-state index contributed by atoms with van der Waals surface area (Å²) in [6.45, 7) is 4.06. The Morgan fingerprint density at radius 1 is 1.11 bits per heavy atom. The number of anilines is 1. The summed E-state index contributed by atoms with van der Waals surface area (Å²) in [4.78, 5) is 4.51. The van der Waals surface area contributed by atoms with Crippen molar-refractivity contribution in [1.29, 1.82) is 0 Å². The van der Waals surface area contributed by atoms with Crippen molar-refractivity contribution >= 4 is 56.1 Å². The third-order valence-corrected chi connectivity index (χ3v) is 6.05. The maximum absolute atomic E-state index is 6.40. The lowest BCUT2D eigenvalue weighted by atomic mass is 10.2. The molecule has 0 radical (unpaired) electrons. The van der Waals surface area contributed by atoms with E-state index >= 15 is 0 Å². The number of para-hydroxylation sites is 1. The van der Waals surface area contributed by atoms with Gasteiger partial charge in [-0.1, -0.05) is 52.7 Å². The number of nitrogens with zero attached hydrogens (tertiary/aromatic N) is 3. The van der Waals surface area contributed by atoms with Crippen molar-refractivity contribution in [1.82, 2.24) is 9.55 Å². The minimum absolute atomic E-state index is 0.536. The van der Waals surface area contributed by atoms with Gasteiger partial charge in [0, 0.05) is 17.0 Å². The van der Waals surface area contributed by atoms with Crippen molar-refractivity contribution in [2.24, 2.45) is 5.10 Å². The Bertz CT molecular complexity index is 1130. The molecule has 0 saturated carbocycles. The number of aromatic nitrogens is 2. The van der Waals surface area contributed by atoms with Crippen LogP contribution in [0.3, 0.4) is 0 Å². The molecule has 0 saturated heterocycles. The molecule has 4 aromatic rings. The summed E-state index contributed by atoms with van der Waals surface area (Å²) in [6, 6.07) is 15.7. The van der Waals surface area contributed by atoms with E-state index in [1.165, 1.54) is 0 Å². The standard InChI is InChI=1S/C20H16Cl2N4S/c1-12-10-14(13(2)26(12)17-8-5-6-15(21)19(17)22)11-23-25-20-24-16-7-3-4-9-18(16)27-20/h3-11H,1-2H3,(H,24,25)/b23-11-. The van der Waals surface area contributed by atoms with Crippen molar-refractivity contribution in [3.8, 4) is 5.69 Å². The molecule has 0 unspecified atom stereocenters. The van der Waals surface area contributed by atoms with E-state index in [9.17, 15) is 0 Å². The zero-order valence-electron chi connectivity index (χ0n) is 14.7. The van der Waals surface area contributed by atoms with Gasteiger partial charge < -0.3 is 4.57 Å². The van der Waals surface area contributed by atoms with Crippen LogP contribution in [0.1, 0.15) is 17.0 Å². The first-order chi connectivity index (χ1) is 13.0. The number of nitrogens with one attached hydrogen (secondary N) is 1. The third kappa shape index (κ3) is 3.46. The number of rotatable bonds is 4. The molecule has 0 aliphatic heterocycles. The van der Waals surface area contributed by atoms with E-state index in [1.54, 1.807) is 23.6 Å². The van der Waals surface area contributed by atoms with E-state index < -0.39 is 0 Å². The molecule has 0 bridgehead atoms. The highest BCUT2D eigenvalue weighted by molar-refractivity contribution is 7.22. The largest absolute Gasteiger partial charge is 0.316 e. The van der Waals surface area contributed by atoms with Gasteiger partial charge in [0.05, 0.1) is 32.2 Å². The highest BCUT2D eigenvalue weighted by atomic mass is 35.5. The number of hydrazone groups is 1. The van der Waals surface area contributed by atoms with Crippen LogP contribution in [0, 0.1) is 13.8 Å². The molecule has 0 aliphatic carbocycles. The van der Waals surface area contributed by atoms with Gasteiger partial charge >= 0.3 is 0 Å². The van der Waals surface area contributed by atoms with Gasteiger partial charge in [-0.05, 0) is 44.2 Å². The molecule has 0 atom stereocenters. The van der Waals surface area contributed by atoms with Crippen LogP contribution in [0.15, 0.2) is 53.6 Å². The normalized spacial score (nSPS) is 11.6. The molecule has 2 aromatic carbocycles. The van der Waals surface area contributed by atoms with Crippen LogP contribution in [0.2, 0.25) is 10.0 Å². The van der Waals surface area contributed by atoms with Crippen molar-refractivity contribution < 1.29 is 0 Å². The number of aryl methyl sites for hydroxylation is 1. The number of hydrogen-bond donors (Lipinski definition) is 1. The summed E-state index contributed by atoms with van der Waals surface area (Å²) >= 11 is 14.1. The second-order valence-electron chi connectivity index (χ2n) is 6.09. The number of benzene rings is 2. The second kappa shape index (κ2) is 7.35. The molecule has 0 spiro atoms. The second-order valence-corrected chi connectivity index (χ2v) is 7.91. The maximum Gasteiger partial charge on any atom is 0.204 e. The fourth-order valence-electron chi connectivity index (χ4n) is 3.03. The Kier molecular flexibility index (Phi) is 4.91. The number of thiazole rings is 1. The molecular formula is C20H16Cl2N4S. The molecule has 0 fully saturated rings. The monoisotopic (exact) mass is 414 g/mol. The summed E-state index contributed by atoms with van der Waals surface area (Å²) < 4.78 is 3.21. The molecule has 7 heteroatoms. The first-order valence-corrected chi connectivity index (χ1v) is 9.90. The van der Waals surface area contributed by atoms with Crippen molar-refractivity contribution in [2.75, 3.05) is 5.43 Å². The molecule has 136 valence electrons. The van der Waals surface area contributed by atoms with Gasteiger partial charge in [-0.25, -0.2) is 4.98 Å². The van der Waals surface area contributed by atoms with Crippen LogP contribution in [0.4, 0.5) is 5.13 Å². The van der Waals surface area contributed by atoms with E-state index in [0.29, 0.717) is 10.0 Å². The zero-order valence-corrected chi connectivity index (χ0v) is 17.0. The van der Waals surface area contributed by atoms with Gasteiger partial charge in [0.1, 0.15) is 0 Å².